The molecule has 0 radical (unpaired) electrons. The van der Waals surface area contributed by atoms with Gasteiger partial charge in [-0.3, -0.25) is 19.6 Å². The molecule has 0 amide bonds. The summed E-state index contributed by atoms with van der Waals surface area (Å²) in [6.45, 7) is 10.5. The fourth-order valence-electron chi connectivity index (χ4n) is 3.80. The van der Waals surface area contributed by atoms with E-state index in [0.29, 0.717) is 16.9 Å². The average molecular weight is 507 g/mol. The molecular formula is C23H30N4O9. The molecule has 0 unspecified atom stereocenters. The van der Waals surface area contributed by atoms with Gasteiger partial charge in [-0.05, 0) is 49.7 Å². The number of hydrogen-bond donors (Lipinski definition) is 4. The van der Waals surface area contributed by atoms with Gasteiger partial charge in [0.25, 0.3) is 0 Å². The SMILES string of the molecule is C1N2CN3CN1CN(C2)C3.COc1c(O)ccc(O)c1C.Cc1cc(O)ccc1O.O=C=O.O=C=O. The highest BCUT2D eigenvalue weighted by Crippen LogP contribution is 2.34. The number of ether oxygens (including phenoxy) is 1. The van der Waals surface area contributed by atoms with Gasteiger partial charge >= 0.3 is 12.3 Å². The predicted octanol–water partition coefficient (Wildman–Crippen LogP) is 0.634. The zero-order chi connectivity index (χ0) is 27.3. The summed E-state index contributed by atoms with van der Waals surface area (Å²) in [5.74, 6) is 0.894. The Kier molecular flexibility index (Phi) is 12.6. The summed E-state index contributed by atoms with van der Waals surface area (Å²) in [4.78, 5) is 42.4. The van der Waals surface area contributed by atoms with E-state index in [4.69, 9.17) is 39.2 Å². The standard InChI is InChI=1S/C8H10O3.C7H8O2.C6H12N4.2CO2/c1-5-6(9)3-4-7(10)8(5)11-2;1-5-4-6(8)2-3-7(5)9;1-7-2-9-4-8(1)5-10(3-7)6-9;2*2-1-3/h3-4,9-10H,1-2H3;2-4,8-9H,1H3;1-6H2;;. The van der Waals surface area contributed by atoms with Crippen molar-refractivity contribution in [2.75, 3.05) is 47.1 Å². The van der Waals surface area contributed by atoms with Crippen LogP contribution in [0.5, 0.6) is 28.7 Å². The maximum Gasteiger partial charge on any atom is 0.373 e. The van der Waals surface area contributed by atoms with Gasteiger partial charge in [0.05, 0.1) is 47.1 Å². The lowest BCUT2D eigenvalue weighted by Gasteiger charge is -2.56. The highest BCUT2D eigenvalue weighted by molar-refractivity contribution is 5.51. The van der Waals surface area contributed by atoms with Crippen LogP contribution in [0, 0.1) is 13.8 Å². The van der Waals surface area contributed by atoms with Crippen molar-refractivity contribution in [2.24, 2.45) is 0 Å². The van der Waals surface area contributed by atoms with Crippen LogP contribution in [-0.2, 0) is 19.2 Å². The third-order valence-electron chi connectivity index (χ3n) is 5.14. The molecule has 4 saturated heterocycles. The van der Waals surface area contributed by atoms with E-state index < -0.39 is 0 Å². The summed E-state index contributed by atoms with van der Waals surface area (Å²) in [5.41, 5.74) is 1.24. The molecule has 4 heterocycles. The number of methoxy groups -OCH3 is 1. The molecule has 0 aliphatic carbocycles. The number of phenolic OH excluding ortho intramolecular Hbond substituents is 4. The molecule has 0 atom stereocenters. The number of aromatic hydroxyl groups is 4. The second kappa shape index (κ2) is 15.1. The summed E-state index contributed by atoms with van der Waals surface area (Å²) in [5, 5.41) is 36.1. The molecule has 4 bridgehead atoms. The van der Waals surface area contributed by atoms with Gasteiger partial charge in [0, 0.05) is 5.56 Å². The summed E-state index contributed by atoms with van der Waals surface area (Å²) >= 11 is 0. The number of rotatable bonds is 1. The van der Waals surface area contributed by atoms with E-state index in [-0.39, 0.29) is 35.3 Å². The average Bonchev–Trinajstić information content (AvgIpc) is 2.81. The van der Waals surface area contributed by atoms with Crippen molar-refractivity contribution in [2.45, 2.75) is 13.8 Å². The quantitative estimate of drug-likeness (QED) is 0.397. The molecule has 6 rings (SSSR count). The number of aryl methyl sites for hydroxylation is 1. The molecule has 196 valence electrons. The van der Waals surface area contributed by atoms with Crippen molar-refractivity contribution in [1.82, 2.24) is 19.6 Å². The van der Waals surface area contributed by atoms with Gasteiger partial charge in [-0.25, -0.2) is 0 Å². The van der Waals surface area contributed by atoms with E-state index >= 15 is 0 Å². The van der Waals surface area contributed by atoms with Crippen molar-refractivity contribution < 1.29 is 44.3 Å². The minimum absolute atomic E-state index is 0.0443. The molecule has 2 aromatic carbocycles. The minimum atomic E-state index is 0.0443. The Labute approximate surface area is 207 Å². The van der Waals surface area contributed by atoms with Crippen molar-refractivity contribution in [3.63, 3.8) is 0 Å². The first kappa shape index (κ1) is 30.1. The van der Waals surface area contributed by atoms with E-state index in [1.807, 2.05) is 0 Å². The number of benzene rings is 2. The first-order valence-corrected chi connectivity index (χ1v) is 10.5. The van der Waals surface area contributed by atoms with Crippen LogP contribution in [-0.4, -0.2) is 99.5 Å². The minimum Gasteiger partial charge on any atom is -0.508 e. The first-order valence-electron chi connectivity index (χ1n) is 10.5. The van der Waals surface area contributed by atoms with Crippen molar-refractivity contribution in [1.29, 1.82) is 0 Å². The molecule has 0 aromatic heterocycles. The second-order valence-corrected chi connectivity index (χ2v) is 7.93. The molecule has 4 aliphatic heterocycles. The molecule has 4 aliphatic rings. The molecule has 36 heavy (non-hydrogen) atoms. The lowest BCUT2D eigenvalue weighted by molar-refractivity contribution is -0.194. The van der Waals surface area contributed by atoms with Crippen LogP contribution in [0.2, 0.25) is 0 Å². The Bertz CT molecular complexity index is 984. The topological polar surface area (TPSA) is 171 Å². The van der Waals surface area contributed by atoms with Crippen LogP contribution in [0.4, 0.5) is 0 Å². The predicted molar refractivity (Wildman–Crippen MR) is 122 cm³/mol. The molecule has 4 N–H and O–H groups in total. The summed E-state index contributed by atoms with van der Waals surface area (Å²) in [6, 6.07) is 7.23. The van der Waals surface area contributed by atoms with Crippen LogP contribution in [0.1, 0.15) is 11.1 Å². The van der Waals surface area contributed by atoms with Crippen LogP contribution in [0.3, 0.4) is 0 Å². The summed E-state index contributed by atoms with van der Waals surface area (Å²) in [6.07, 6.45) is 0.500. The zero-order valence-corrected chi connectivity index (χ0v) is 20.2. The molecule has 0 spiro atoms. The fraction of sp³-hybridized carbons (Fsp3) is 0.391. The Morgan fingerprint density at radius 2 is 1.03 bits per heavy atom. The van der Waals surface area contributed by atoms with Crippen molar-refractivity contribution in [3.05, 3.63) is 41.5 Å². The molecule has 4 fully saturated rings. The Balaban J connectivity index is 0.000000244. The van der Waals surface area contributed by atoms with Crippen LogP contribution < -0.4 is 4.74 Å². The lowest BCUT2D eigenvalue weighted by atomic mass is 10.2. The maximum atomic E-state index is 9.18. The van der Waals surface area contributed by atoms with Gasteiger partial charge in [0.1, 0.15) is 17.2 Å². The maximum absolute atomic E-state index is 9.18. The van der Waals surface area contributed by atoms with Gasteiger partial charge in [-0.1, -0.05) is 0 Å². The number of carbonyl (C=O) groups excluding carboxylic acids is 4. The number of hydrogen-bond acceptors (Lipinski definition) is 13. The van der Waals surface area contributed by atoms with E-state index in [1.54, 1.807) is 13.8 Å². The Morgan fingerprint density at radius 1 is 0.667 bits per heavy atom. The highest BCUT2D eigenvalue weighted by Gasteiger charge is 2.36. The van der Waals surface area contributed by atoms with Gasteiger partial charge in [0.15, 0.2) is 11.5 Å². The molecule has 2 aromatic rings. The number of nitrogens with zero attached hydrogens (tertiary/aromatic N) is 4. The van der Waals surface area contributed by atoms with E-state index in [0.717, 1.165) is 0 Å². The smallest absolute Gasteiger partial charge is 0.373 e. The Morgan fingerprint density at radius 3 is 1.33 bits per heavy atom. The molecule has 0 saturated carbocycles. The van der Waals surface area contributed by atoms with Crippen LogP contribution in [0.15, 0.2) is 30.3 Å². The van der Waals surface area contributed by atoms with Crippen LogP contribution in [0.25, 0.3) is 0 Å². The lowest BCUT2D eigenvalue weighted by Crippen LogP contribution is -2.71. The van der Waals surface area contributed by atoms with E-state index in [9.17, 15) is 5.11 Å². The van der Waals surface area contributed by atoms with Gasteiger partial charge < -0.3 is 25.2 Å². The van der Waals surface area contributed by atoms with E-state index in [1.165, 1.54) is 77.5 Å². The molecule has 13 nitrogen and oxygen atoms in total. The van der Waals surface area contributed by atoms with Crippen LogP contribution >= 0.6 is 0 Å². The molecular weight excluding hydrogens is 476 g/mol. The molecule has 13 heteroatoms. The Hall–Kier alpha value is -3.96. The number of phenols is 4. The van der Waals surface area contributed by atoms with E-state index in [2.05, 4.69) is 19.6 Å². The largest absolute Gasteiger partial charge is 0.508 e. The van der Waals surface area contributed by atoms with Gasteiger partial charge in [-0.2, -0.15) is 19.2 Å². The van der Waals surface area contributed by atoms with Gasteiger partial charge in [-0.15, -0.1) is 0 Å². The second-order valence-electron chi connectivity index (χ2n) is 7.93. The third kappa shape index (κ3) is 9.35. The first-order chi connectivity index (χ1) is 17.1. The van der Waals surface area contributed by atoms with Gasteiger partial charge in [0.2, 0.25) is 0 Å². The highest BCUT2D eigenvalue weighted by atomic mass is 16.5. The normalized spacial score (nSPS) is 21.8. The van der Waals surface area contributed by atoms with Crippen molar-refractivity contribution in [3.8, 4) is 28.7 Å². The van der Waals surface area contributed by atoms with Crippen molar-refractivity contribution >= 4 is 12.3 Å². The third-order valence-corrected chi connectivity index (χ3v) is 5.14. The fourth-order valence-corrected chi connectivity index (χ4v) is 3.80. The summed E-state index contributed by atoms with van der Waals surface area (Å²) < 4.78 is 4.85. The monoisotopic (exact) mass is 506 g/mol. The summed E-state index contributed by atoms with van der Waals surface area (Å²) in [7, 11) is 1.45. The zero-order valence-electron chi connectivity index (χ0n) is 20.2.